The number of aromatic carboxylic acids is 1. The van der Waals surface area contributed by atoms with Crippen LogP contribution in [0, 0.1) is 0 Å². The molecule has 3 aromatic rings. The summed E-state index contributed by atoms with van der Waals surface area (Å²) in [7, 11) is 0. The molecule has 2 aromatic heterocycles. The maximum Gasteiger partial charge on any atom is 0.335 e. The summed E-state index contributed by atoms with van der Waals surface area (Å²) in [6, 6.07) is 8.19. The van der Waals surface area contributed by atoms with Gasteiger partial charge in [0.2, 0.25) is 0 Å². The Bertz CT molecular complexity index is 1080. The van der Waals surface area contributed by atoms with Gasteiger partial charge in [-0.25, -0.2) is 14.8 Å². The molecule has 0 spiro atoms. The van der Waals surface area contributed by atoms with Gasteiger partial charge in [-0.2, -0.15) is 0 Å². The Morgan fingerprint density at radius 2 is 2.07 bits per heavy atom. The highest BCUT2D eigenvalue weighted by molar-refractivity contribution is 7.13. The number of fused-ring (bicyclic) bond motifs is 6. The minimum atomic E-state index is -1.08. The number of carbonyl (C=O) groups is 2. The first-order chi connectivity index (χ1) is 14.6. The summed E-state index contributed by atoms with van der Waals surface area (Å²) < 4.78 is 5.81. The fourth-order valence-corrected chi connectivity index (χ4v) is 3.84. The second kappa shape index (κ2) is 8.91. The zero-order valence-electron chi connectivity index (χ0n) is 16.1. The molecule has 9 heteroatoms. The fraction of sp³-hybridized carbons (Fsp3) is 0.238. The van der Waals surface area contributed by atoms with Gasteiger partial charge in [-0.15, -0.1) is 11.3 Å². The van der Waals surface area contributed by atoms with Crippen LogP contribution in [0.2, 0.25) is 0 Å². The van der Waals surface area contributed by atoms with Crippen molar-refractivity contribution in [2.24, 2.45) is 0 Å². The third kappa shape index (κ3) is 4.57. The number of nitrogens with zero attached hydrogens (tertiary/aromatic N) is 2. The monoisotopic (exact) mass is 424 g/mol. The molecule has 0 saturated heterocycles. The largest absolute Gasteiger partial charge is 0.491 e. The van der Waals surface area contributed by atoms with Crippen molar-refractivity contribution < 1.29 is 19.4 Å². The summed E-state index contributed by atoms with van der Waals surface area (Å²) in [5.74, 6) is -0.307. The minimum Gasteiger partial charge on any atom is -0.491 e. The summed E-state index contributed by atoms with van der Waals surface area (Å²) in [6.07, 6.45) is 4.46. The lowest BCUT2D eigenvalue weighted by molar-refractivity contribution is 0.0696. The molecule has 0 saturated carbocycles. The number of nitrogens with one attached hydrogen (secondary N) is 2. The Hall–Kier alpha value is -3.46. The zero-order chi connectivity index (χ0) is 20.9. The fourth-order valence-electron chi connectivity index (χ4n) is 3.05. The van der Waals surface area contributed by atoms with Crippen LogP contribution in [0.15, 0.2) is 41.9 Å². The van der Waals surface area contributed by atoms with Crippen LogP contribution in [0.4, 0.5) is 11.5 Å². The zero-order valence-corrected chi connectivity index (χ0v) is 16.9. The topological polar surface area (TPSA) is 113 Å². The molecule has 1 aliphatic rings. The van der Waals surface area contributed by atoms with Crippen LogP contribution < -0.4 is 15.4 Å². The molecule has 1 aliphatic heterocycles. The molecule has 0 aliphatic carbocycles. The summed E-state index contributed by atoms with van der Waals surface area (Å²) in [5.41, 5.74) is 1.50. The number of rotatable bonds is 1. The van der Waals surface area contributed by atoms with Crippen molar-refractivity contribution in [3.8, 4) is 16.3 Å². The number of carboxylic acids is 1. The molecule has 30 heavy (non-hydrogen) atoms. The number of hydrogen-bond acceptors (Lipinski definition) is 7. The van der Waals surface area contributed by atoms with Crippen molar-refractivity contribution in [1.29, 1.82) is 0 Å². The molecular weight excluding hydrogens is 404 g/mol. The third-order valence-corrected chi connectivity index (χ3v) is 5.49. The normalized spacial score (nSPS) is 14.5. The average molecular weight is 424 g/mol. The Balaban J connectivity index is 1.67. The van der Waals surface area contributed by atoms with Gasteiger partial charge in [0.05, 0.1) is 17.9 Å². The predicted octanol–water partition coefficient (Wildman–Crippen LogP) is 4.13. The van der Waals surface area contributed by atoms with Gasteiger partial charge in [0, 0.05) is 23.7 Å². The lowest BCUT2D eigenvalue weighted by atomic mass is 10.2. The van der Waals surface area contributed by atoms with Crippen molar-refractivity contribution in [2.75, 3.05) is 23.8 Å². The van der Waals surface area contributed by atoms with Crippen molar-refractivity contribution in [1.82, 2.24) is 9.97 Å². The van der Waals surface area contributed by atoms with E-state index in [1.54, 1.807) is 17.6 Å². The number of benzene rings is 1. The number of pyridine rings is 1. The molecule has 8 nitrogen and oxygen atoms in total. The molecule has 4 bridgehead atoms. The van der Waals surface area contributed by atoms with Crippen LogP contribution >= 0.6 is 11.3 Å². The van der Waals surface area contributed by atoms with E-state index in [1.165, 1.54) is 23.5 Å². The SMILES string of the molecule is O=C(O)c1ccc2c(c1)NC(=O)c1csc(n1)-c1ccnc(c1)NCCCCCO2. The Morgan fingerprint density at radius 1 is 1.17 bits per heavy atom. The van der Waals surface area contributed by atoms with E-state index in [0.29, 0.717) is 23.1 Å². The lowest BCUT2D eigenvalue weighted by Crippen LogP contribution is -2.14. The summed E-state index contributed by atoms with van der Waals surface area (Å²) in [6.45, 7) is 1.25. The maximum atomic E-state index is 12.8. The van der Waals surface area contributed by atoms with Gasteiger partial charge in [0.1, 0.15) is 22.3 Å². The van der Waals surface area contributed by atoms with Crippen molar-refractivity contribution >= 4 is 34.7 Å². The van der Waals surface area contributed by atoms with E-state index >= 15 is 0 Å². The summed E-state index contributed by atoms with van der Waals surface area (Å²) >= 11 is 1.35. The third-order valence-electron chi connectivity index (χ3n) is 4.60. The molecule has 0 fully saturated rings. The number of thiazole rings is 1. The molecular formula is C21H20N4O4S. The molecule has 154 valence electrons. The maximum absolute atomic E-state index is 12.8. The first-order valence-electron chi connectivity index (χ1n) is 9.57. The molecule has 1 aromatic carbocycles. The quantitative estimate of drug-likeness (QED) is 0.538. The molecule has 1 amide bonds. The predicted molar refractivity (Wildman–Crippen MR) is 115 cm³/mol. The number of anilines is 2. The van der Waals surface area contributed by atoms with E-state index in [0.717, 1.165) is 37.2 Å². The van der Waals surface area contributed by atoms with Crippen LogP contribution in [0.1, 0.15) is 40.1 Å². The van der Waals surface area contributed by atoms with Crippen LogP contribution in [0.3, 0.4) is 0 Å². The van der Waals surface area contributed by atoms with Gasteiger partial charge in [0.25, 0.3) is 5.91 Å². The smallest absolute Gasteiger partial charge is 0.335 e. The van der Waals surface area contributed by atoms with E-state index in [1.807, 2.05) is 12.1 Å². The van der Waals surface area contributed by atoms with Gasteiger partial charge < -0.3 is 20.5 Å². The van der Waals surface area contributed by atoms with E-state index in [9.17, 15) is 14.7 Å². The minimum absolute atomic E-state index is 0.0675. The number of ether oxygens (including phenoxy) is 1. The molecule has 4 rings (SSSR count). The van der Waals surface area contributed by atoms with Crippen LogP contribution in [0.5, 0.6) is 5.75 Å². The van der Waals surface area contributed by atoms with E-state index in [4.69, 9.17) is 4.74 Å². The summed E-state index contributed by atoms with van der Waals surface area (Å²) in [5, 5.41) is 17.7. The molecule has 3 N–H and O–H groups in total. The number of aromatic nitrogens is 2. The first kappa shape index (κ1) is 19.8. The van der Waals surface area contributed by atoms with Crippen molar-refractivity contribution in [3.63, 3.8) is 0 Å². The number of amides is 1. The second-order valence-electron chi connectivity index (χ2n) is 6.77. The number of carbonyl (C=O) groups excluding carboxylic acids is 1. The molecule has 0 atom stereocenters. The standard InChI is InChI=1S/C21H20N4O4S/c26-19-16-12-30-20(25-16)13-6-8-23-18(11-13)22-7-2-1-3-9-29-17-5-4-14(21(27)28)10-15(17)24-19/h4-6,8,10-12H,1-3,7,9H2,(H,22,23)(H,24,26)(H,27,28). The lowest BCUT2D eigenvalue weighted by Gasteiger charge is -2.13. The Morgan fingerprint density at radius 3 is 2.93 bits per heavy atom. The van der Waals surface area contributed by atoms with Gasteiger partial charge >= 0.3 is 5.97 Å². The Kier molecular flexibility index (Phi) is 5.89. The van der Waals surface area contributed by atoms with Gasteiger partial charge in [-0.1, -0.05) is 0 Å². The molecule has 0 radical (unpaired) electrons. The first-order valence-corrected chi connectivity index (χ1v) is 10.5. The molecule has 0 unspecified atom stereocenters. The van der Waals surface area contributed by atoms with Gasteiger partial charge in [-0.3, -0.25) is 4.79 Å². The number of carboxylic acid groups (broad SMARTS) is 1. The Labute approximate surface area is 177 Å². The highest BCUT2D eigenvalue weighted by Crippen LogP contribution is 2.29. The van der Waals surface area contributed by atoms with E-state index in [2.05, 4.69) is 20.6 Å². The van der Waals surface area contributed by atoms with Crippen molar-refractivity contribution in [3.05, 3.63) is 53.2 Å². The van der Waals surface area contributed by atoms with Gasteiger partial charge in [-0.05, 0) is 49.6 Å². The van der Waals surface area contributed by atoms with Crippen LogP contribution in [-0.4, -0.2) is 40.1 Å². The highest BCUT2D eigenvalue weighted by Gasteiger charge is 2.17. The van der Waals surface area contributed by atoms with Gasteiger partial charge in [0.15, 0.2) is 0 Å². The molecule has 3 heterocycles. The average Bonchev–Trinajstić information content (AvgIpc) is 3.24. The van der Waals surface area contributed by atoms with Crippen LogP contribution in [0.25, 0.3) is 10.6 Å². The summed E-state index contributed by atoms with van der Waals surface area (Å²) in [4.78, 5) is 32.9. The highest BCUT2D eigenvalue weighted by atomic mass is 32.1. The van der Waals surface area contributed by atoms with E-state index < -0.39 is 11.9 Å². The van der Waals surface area contributed by atoms with Crippen LogP contribution in [-0.2, 0) is 0 Å². The number of hydrogen-bond donors (Lipinski definition) is 3. The van der Waals surface area contributed by atoms with Crippen molar-refractivity contribution in [2.45, 2.75) is 19.3 Å². The van der Waals surface area contributed by atoms with E-state index in [-0.39, 0.29) is 11.3 Å². The second-order valence-corrected chi connectivity index (χ2v) is 7.63.